The Bertz CT molecular complexity index is 968. The van der Waals surface area contributed by atoms with Gasteiger partial charge in [-0.15, -0.1) is 0 Å². The van der Waals surface area contributed by atoms with E-state index in [0.29, 0.717) is 5.92 Å². The third-order valence-electron chi connectivity index (χ3n) is 6.10. The van der Waals surface area contributed by atoms with Gasteiger partial charge in [-0.2, -0.15) is 0 Å². The lowest BCUT2D eigenvalue weighted by molar-refractivity contribution is 0.0341. The van der Waals surface area contributed by atoms with Gasteiger partial charge in [0, 0.05) is 37.6 Å². The van der Waals surface area contributed by atoms with Crippen molar-refractivity contribution in [3.63, 3.8) is 0 Å². The quantitative estimate of drug-likeness (QED) is 0.530. The minimum atomic E-state index is -0.194. The molecule has 0 bridgehead atoms. The van der Waals surface area contributed by atoms with E-state index in [1.165, 1.54) is 28.1 Å². The number of morpholine rings is 1. The molecular weight excluding hydrogens is 375 g/mol. The summed E-state index contributed by atoms with van der Waals surface area (Å²) in [7, 11) is 0. The maximum atomic E-state index is 13.4. The SMILES string of the molecule is Cc1c(CN2CCOCC2)cc(-c2ccc(C(C)C)cc2)n1Cc1ccc(F)cc1. The van der Waals surface area contributed by atoms with Gasteiger partial charge in [-0.25, -0.2) is 4.39 Å². The summed E-state index contributed by atoms with van der Waals surface area (Å²) in [5, 5.41) is 0. The highest BCUT2D eigenvalue weighted by Crippen LogP contribution is 2.29. The smallest absolute Gasteiger partial charge is 0.123 e. The number of nitrogens with zero attached hydrogens (tertiary/aromatic N) is 2. The zero-order valence-corrected chi connectivity index (χ0v) is 18.2. The molecule has 1 aliphatic rings. The zero-order chi connectivity index (χ0) is 21.1. The van der Waals surface area contributed by atoms with Crippen LogP contribution in [0.1, 0.15) is 42.1 Å². The highest BCUT2D eigenvalue weighted by atomic mass is 19.1. The van der Waals surface area contributed by atoms with Crippen LogP contribution in [0.4, 0.5) is 4.39 Å². The predicted molar refractivity (Wildman–Crippen MR) is 120 cm³/mol. The van der Waals surface area contributed by atoms with Crippen molar-refractivity contribution in [2.45, 2.75) is 39.8 Å². The fourth-order valence-electron chi connectivity index (χ4n) is 4.12. The molecule has 1 aliphatic heterocycles. The van der Waals surface area contributed by atoms with E-state index in [9.17, 15) is 4.39 Å². The molecule has 2 heterocycles. The van der Waals surface area contributed by atoms with Gasteiger partial charge in [-0.3, -0.25) is 4.90 Å². The molecule has 1 fully saturated rings. The van der Waals surface area contributed by atoms with Crippen LogP contribution in [0.25, 0.3) is 11.3 Å². The fourth-order valence-corrected chi connectivity index (χ4v) is 4.12. The molecule has 0 N–H and O–H groups in total. The Labute approximate surface area is 179 Å². The second-order valence-corrected chi connectivity index (χ2v) is 8.52. The summed E-state index contributed by atoms with van der Waals surface area (Å²) in [6.45, 7) is 11.9. The number of hydrogen-bond acceptors (Lipinski definition) is 2. The third kappa shape index (κ3) is 4.66. The molecule has 0 saturated carbocycles. The van der Waals surface area contributed by atoms with E-state index in [2.05, 4.69) is 60.6 Å². The van der Waals surface area contributed by atoms with Crippen LogP contribution in [0.15, 0.2) is 54.6 Å². The van der Waals surface area contributed by atoms with Gasteiger partial charge in [0.15, 0.2) is 0 Å². The van der Waals surface area contributed by atoms with Crippen molar-refractivity contribution >= 4 is 0 Å². The molecule has 4 rings (SSSR count). The molecule has 3 nitrogen and oxygen atoms in total. The zero-order valence-electron chi connectivity index (χ0n) is 18.2. The number of ether oxygens (including phenoxy) is 1. The van der Waals surface area contributed by atoms with Crippen molar-refractivity contribution in [2.24, 2.45) is 0 Å². The first kappa shape index (κ1) is 20.8. The second kappa shape index (κ2) is 9.15. The topological polar surface area (TPSA) is 17.4 Å². The first-order valence-electron chi connectivity index (χ1n) is 10.8. The van der Waals surface area contributed by atoms with Crippen LogP contribution in [0.5, 0.6) is 0 Å². The molecule has 0 atom stereocenters. The van der Waals surface area contributed by atoms with Crippen LogP contribution < -0.4 is 0 Å². The molecule has 0 radical (unpaired) electrons. The molecule has 0 amide bonds. The molecular formula is C26H31FN2O. The normalized spacial score (nSPS) is 15.1. The number of rotatable bonds is 6. The van der Waals surface area contributed by atoms with Crippen LogP contribution in [0.3, 0.4) is 0 Å². The average Bonchev–Trinajstić information content (AvgIpc) is 3.06. The number of halogens is 1. The average molecular weight is 407 g/mol. The Kier molecular flexibility index (Phi) is 6.35. The van der Waals surface area contributed by atoms with Gasteiger partial charge in [0.05, 0.1) is 13.2 Å². The summed E-state index contributed by atoms with van der Waals surface area (Å²) in [6.07, 6.45) is 0. The van der Waals surface area contributed by atoms with Crippen LogP contribution in [-0.4, -0.2) is 35.8 Å². The van der Waals surface area contributed by atoms with Gasteiger partial charge >= 0.3 is 0 Å². The minimum Gasteiger partial charge on any atom is -0.379 e. The second-order valence-electron chi connectivity index (χ2n) is 8.52. The number of aromatic nitrogens is 1. The van der Waals surface area contributed by atoms with E-state index in [1.807, 2.05) is 12.1 Å². The van der Waals surface area contributed by atoms with Crippen molar-refractivity contribution in [3.05, 3.63) is 82.8 Å². The summed E-state index contributed by atoms with van der Waals surface area (Å²) in [4.78, 5) is 2.46. The lowest BCUT2D eigenvalue weighted by atomic mass is 10.0. The van der Waals surface area contributed by atoms with Crippen LogP contribution in [0, 0.1) is 12.7 Å². The molecule has 3 aromatic rings. The van der Waals surface area contributed by atoms with Gasteiger partial charge < -0.3 is 9.30 Å². The minimum absolute atomic E-state index is 0.194. The largest absolute Gasteiger partial charge is 0.379 e. The standard InChI is InChI=1S/C26H31FN2O/c1-19(2)22-6-8-23(9-7-22)26-16-24(18-28-12-14-30-15-13-28)20(3)29(26)17-21-4-10-25(27)11-5-21/h4-11,16,19H,12-15,17-18H2,1-3H3. The van der Waals surface area contributed by atoms with Crippen molar-refractivity contribution in [2.75, 3.05) is 26.3 Å². The molecule has 1 aromatic heterocycles. The predicted octanol–water partition coefficient (Wildman–Crippen LogP) is 5.61. The molecule has 0 unspecified atom stereocenters. The fraction of sp³-hybridized carbons (Fsp3) is 0.385. The lowest BCUT2D eigenvalue weighted by Gasteiger charge is -2.26. The summed E-state index contributed by atoms with van der Waals surface area (Å²) in [5.41, 5.74) is 7.51. The van der Waals surface area contributed by atoms with Crippen molar-refractivity contribution < 1.29 is 9.13 Å². The molecule has 2 aromatic carbocycles. The highest BCUT2D eigenvalue weighted by Gasteiger charge is 2.18. The molecule has 1 saturated heterocycles. The first-order chi connectivity index (χ1) is 14.5. The Morgan fingerprint density at radius 1 is 0.933 bits per heavy atom. The molecule has 30 heavy (non-hydrogen) atoms. The monoisotopic (exact) mass is 406 g/mol. The van der Waals surface area contributed by atoms with Gasteiger partial charge in [0.1, 0.15) is 5.82 Å². The maximum Gasteiger partial charge on any atom is 0.123 e. The van der Waals surface area contributed by atoms with Crippen molar-refractivity contribution in [1.82, 2.24) is 9.47 Å². The molecule has 4 heteroatoms. The van der Waals surface area contributed by atoms with E-state index in [0.717, 1.165) is 45.0 Å². The van der Waals surface area contributed by atoms with Gasteiger partial charge in [-0.1, -0.05) is 50.2 Å². The first-order valence-corrected chi connectivity index (χ1v) is 10.8. The molecule has 0 spiro atoms. The van der Waals surface area contributed by atoms with E-state index < -0.39 is 0 Å². The van der Waals surface area contributed by atoms with Crippen molar-refractivity contribution in [1.29, 1.82) is 0 Å². The summed E-state index contributed by atoms with van der Waals surface area (Å²) >= 11 is 0. The van der Waals surface area contributed by atoms with Gasteiger partial charge in [-0.05, 0) is 53.3 Å². The van der Waals surface area contributed by atoms with Crippen LogP contribution in [-0.2, 0) is 17.8 Å². The third-order valence-corrected chi connectivity index (χ3v) is 6.10. The molecule has 158 valence electrons. The Morgan fingerprint density at radius 2 is 1.60 bits per heavy atom. The molecule has 0 aliphatic carbocycles. The lowest BCUT2D eigenvalue weighted by Crippen LogP contribution is -2.35. The highest BCUT2D eigenvalue weighted by molar-refractivity contribution is 5.63. The summed E-state index contributed by atoms with van der Waals surface area (Å²) in [5.74, 6) is 0.323. The van der Waals surface area contributed by atoms with E-state index in [4.69, 9.17) is 4.74 Å². The number of hydrogen-bond donors (Lipinski definition) is 0. The van der Waals surface area contributed by atoms with E-state index in [-0.39, 0.29) is 5.82 Å². The van der Waals surface area contributed by atoms with Gasteiger partial charge in [0.25, 0.3) is 0 Å². The van der Waals surface area contributed by atoms with E-state index in [1.54, 1.807) is 12.1 Å². The van der Waals surface area contributed by atoms with Crippen LogP contribution >= 0.6 is 0 Å². The maximum absolute atomic E-state index is 13.4. The van der Waals surface area contributed by atoms with Crippen LogP contribution in [0.2, 0.25) is 0 Å². The Balaban J connectivity index is 1.69. The van der Waals surface area contributed by atoms with Gasteiger partial charge in [0.2, 0.25) is 0 Å². The Hall–Kier alpha value is -2.43. The Morgan fingerprint density at radius 3 is 2.23 bits per heavy atom. The summed E-state index contributed by atoms with van der Waals surface area (Å²) < 4.78 is 21.3. The van der Waals surface area contributed by atoms with E-state index >= 15 is 0 Å². The summed E-state index contributed by atoms with van der Waals surface area (Å²) in [6, 6.07) is 18.1. The van der Waals surface area contributed by atoms with Crippen molar-refractivity contribution in [3.8, 4) is 11.3 Å². The number of benzene rings is 2.